The van der Waals surface area contributed by atoms with Crippen molar-refractivity contribution >= 4 is 0 Å². The summed E-state index contributed by atoms with van der Waals surface area (Å²) in [5.41, 5.74) is 0.797. The summed E-state index contributed by atoms with van der Waals surface area (Å²) in [4.78, 5) is 0. The zero-order valence-corrected chi connectivity index (χ0v) is 14.9. The SMILES string of the molecule is COc1cc(C[C@H]2COC[C@@]2(O)Cc2ccc(O)c(OC)c2)ccc1O. The number of hydrogen-bond donors (Lipinski definition) is 3. The van der Waals surface area contributed by atoms with Crippen LogP contribution in [0.2, 0.25) is 0 Å². The average molecular weight is 360 g/mol. The molecule has 0 radical (unpaired) electrons. The molecule has 0 aliphatic carbocycles. The molecule has 1 fully saturated rings. The molecule has 0 saturated carbocycles. The average Bonchev–Trinajstić information content (AvgIpc) is 2.98. The maximum Gasteiger partial charge on any atom is 0.160 e. The third-order valence-electron chi connectivity index (χ3n) is 4.91. The van der Waals surface area contributed by atoms with Crippen LogP contribution in [0.3, 0.4) is 0 Å². The fourth-order valence-corrected chi connectivity index (χ4v) is 3.41. The van der Waals surface area contributed by atoms with Gasteiger partial charge in [0.2, 0.25) is 0 Å². The molecule has 0 amide bonds. The number of ether oxygens (including phenoxy) is 3. The van der Waals surface area contributed by atoms with Crippen LogP contribution >= 0.6 is 0 Å². The third-order valence-corrected chi connectivity index (χ3v) is 4.91. The van der Waals surface area contributed by atoms with Gasteiger partial charge in [-0.25, -0.2) is 0 Å². The molecule has 6 nitrogen and oxygen atoms in total. The van der Waals surface area contributed by atoms with Gasteiger partial charge < -0.3 is 29.5 Å². The highest BCUT2D eigenvalue weighted by atomic mass is 16.5. The van der Waals surface area contributed by atoms with Gasteiger partial charge in [-0.3, -0.25) is 0 Å². The molecule has 2 aromatic rings. The quantitative estimate of drug-likeness (QED) is 0.732. The summed E-state index contributed by atoms with van der Waals surface area (Å²) in [5.74, 6) is 0.846. The van der Waals surface area contributed by atoms with E-state index in [2.05, 4.69) is 0 Å². The molecule has 2 atom stereocenters. The van der Waals surface area contributed by atoms with E-state index in [1.54, 1.807) is 30.3 Å². The van der Waals surface area contributed by atoms with Crippen LogP contribution in [0, 0.1) is 5.92 Å². The van der Waals surface area contributed by atoms with E-state index in [9.17, 15) is 15.3 Å². The van der Waals surface area contributed by atoms with Gasteiger partial charge in [-0.1, -0.05) is 12.1 Å². The Morgan fingerprint density at radius 3 is 2.19 bits per heavy atom. The Kier molecular flexibility index (Phi) is 5.25. The minimum absolute atomic E-state index is 0.0682. The lowest BCUT2D eigenvalue weighted by atomic mass is 9.81. The number of phenols is 2. The molecule has 1 aliphatic rings. The highest BCUT2D eigenvalue weighted by Crippen LogP contribution is 2.36. The number of phenolic OH excluding ortho intramolecular Hbond substituents is 2. The molecule has 0 aromatic heterocycles. The molecular weight excluding hydrogens is 336 g/mol. The first kappa shape index (κ1) is 18.4. The van der Waals surface area contributed by atoms with Crippen LogP contribution in [0.15, 0.2) is 36.4 Å². The molecule has 6 heteroatoms. The summed E-state index contributed by atoms with van der Waals surface area (Å²) < 4.78 is 15.9. The Labute approximate surface area is 152 Å². The van der Waals surface area contributed by atoms with E-state index >= 15 is 0 Å². The Morgan fingerprint density at radius 1 is 1.00 bits per heavy atom. The molecule has 3 rings (SSSR count). The Hall–Kier alpha value is -2.44. The van der Waals surface area contributed by atoms with Crippen LogP contribution in [0.5, 0.6) is 23.0 Å². The van der Waals surface area contributed by atoms with Gasteiger partial charge in [-0.15, -0.1) is 0 Å². The van der Waals surface area contributed by atoms with Gasteiger partial charge in [0.1, 0.15) is 0 Å². The Morgan fingerprint density at radius 2 is 1.58 bits per heavy atom. The van der Waals surface area contributed by atoms with Crippen molar-refractivity contribution in [1.29, 1.82) is 0 Å². The van der Waals surface area contributed by atoms with E-state index in [1.807, 2.05) is 6.07 Å². The first-order chi connectivity index (χ1) is 12.4. The van der Waals surface area contributed by atoms with Crippen LogP contribution in [-0.4, -0.2) is 48.4 Å². The summed E-state index contributed by atoms with van der Waals surface area (Å²) in [6.07, 6.45) is 0.992. The maximum atomic E-state index is 11.2. The van der Waals surface area contributed by atoms with E-state index in [0.29, 0.717) is 30.9 Å². The molecule has 2 aromatic carbocycles. The van der Waals surface area contributed by atoms with E-state index in [-0.39, 0.29) is 24.0 Å². The Balaban J connectivity index is 1.78. The van der Waals surface area contributed by atoms with Crippen LogP contribution in [0.1, 0.15) is 11.1 Å². The van der Waals surface area contributed by atoms with Gasteiger partial charge in [0, 0.05) is 12.3 Å². The molecule has 1 heterocycles. The van der Waals surface area contributed by atoms with E-state index in [0.717, 1.165) is 11.1 Å². The van der Waals surface area contributed by atoms with Gasteiger partial charge in [0.15, 0.2) is 23.0 Å². The van der Waals surface area contributed by atoms with Gasteiger partial charge in [-0.05, 0) is 41.8 Å². The molecular formula is C20H24O6. The third kappa shape index (κ3) is 3.71. The molecule has 1 saturated heterocycles. The Bertz CT molecular complexity index is 775. The summed E-state index contributed by atoms with van der Waals surface area (Å²) in [6, 6.07) is 10.2. The number of benzene rings is 2. The van der Waals surface area contributed by atoms with Crippen LogP contribution in [0.25, 0.3) is 0 Å². The van der Waals surface area contributed by atoms with Gasteiger partial charge in [0.25, 0.3) is 0 Å². The van der Waals surface area contributed by atoms with Crippen molar-refractivity contribution in [2.24, 2.45) is 5.92 Å². The lowest BCUT2D eigenvalue weighted by Crippen LogP contribution is -2.40. The van der Waals surface area contributed by atoms with Crippen molar-refractivity contribution in [3.63, 3.8) is 0 Å². The standard InChI is InChI=1S/C20H24O6/c1-24-18-8-13(3-5-16(18)21)7-15-11-26-12-20(15,23)10-14-4-6-17(22)19(9-14)25-2/h3-6,8-9,15,21-23H,7,10-12H2,1-2H3/t15-,20-/m0/s1. The monoisotopic (exact) mass is 360 g/mol. The number of aliphatic hydroxyl groups is 1. The predicted octanol–water partition coefficient (Wildman–Crippen LogP) is 2.28. The lowest BCUT2D eigenvalue weighted by Gasteiger charge is -2.28. The van der Waals surface area contributed by atoms with Crippen molar-refractivity contribution in [2.75, 3.05) is 27.4 Å². The maximum absolute atomic E-state index is 11.2. The van der Waals surface area contributed by atoms with Crippen molar-refractivity contribution in [2.45, 2.75) is 18.4 Å². The summed E-state index contributed by atoms with van der Waals surface area (Å²) >= 11 is 0. The fraction of sp³-hybridized carbons (Fsp3) is 0.400. The minimum Gasteiger partial charge on any atom is -0.504 e. The largest absolute Gasteiger partial charge is 0.504 e. The van der Waals surface area contributed by atoms with Crippen molar-refractivity contribution < 1.29 is 29.5 Å². The second-order valence-corrected chi connectivity index (χ2v) is 6.71. The zero-order valence-electron chi connectivity index (χ0n) is 14.9. The highest BCUT2D eigenvalue weighted by Gasteiger charge is 2.42. The number of rotatable bonds is 6. The second kappa shape index (κ2) is 7.43. The first-order valence-corrected chi connectivity index (χ1v) is 8.47. The summed E-state index contributed by atoms with van der Waals surface area (Å²) in [5, 5.41) is 30.6. The number of methoxy groups -OCH3 is 2. The minimum atomic E-state index is -1.02. The van der Waals surface area contributed by atoms with Crippen molar-refractivity contribution in [3.8, 4) is 23.0 Å². The zero-order chi connectivity index (χ0) is 18.7. The topological polar surface area (TPSA) is 88.4 Å². The van der Waals surface area contributed by atoms with Gasteiger partial charge in [0.05, 0.1) is 33.0 Å². The molecule has 1 aliphatic heterocycles. The fourth-order valence-electron chi connectivity index (χ4n) is 3.41. The van der Waals surface area contributed by atoms with Crippen LogP contribution < -0.4 is 9.47 Å². The first-order valence-electron chi connectivity index (χ1n) is 8.47. The number of aromatic hydroxyl groups is 2. The highest BCUT2D eigenvalue weighted by molar-refractivity contribution is 5.43. The summed E-state index contributed by atoms with van der Waals surface area (Å²) in [6.45, 7) is 0.699. The smallest absolute Gasteiger partial charge is 0.160 e. The van der Waals surface area contributed by atoms with Crippen molar-refractivity contribution in [3.05, 3.63) is 47.5 Å². The van der Waals surface area contributed by atoms with Gasteiger partial charge in [-0.2, -0.15) is 0 Å². The second-order valence-electron chi connectivity index (χ2n) is 6.71. The molecule has 3 N–H and O–H groups in total. The van der Waals surface area contributed by atoms with Crippen LogP contribution in [-0.2, 0) is 17.6 Å². The molecule has 0 unspecified atom stereocenters. The van der Waals surface area contributed by atoms with E-state index in [4.69, 9.17) is 14.2 Å². The molecule has 0 bridgehead atoms. The van der Waals surface area contributed by atoms with Crippen LogP contribution in [0.4, 0.5) is 0 Å². The lowest BCUT2D eigenvalue weighted by molar-refractivity contribution is 0.00140. The number of hydrogen-bond acceptors (Lipinski definition) is 6. The molecule has 140 valence electrons. The predicted molar refractivity (Wildman–Crippen MR) is 96.0 cm³/mol. The van der Waals surface area contributed by atoms with Gasteiger partial charge >= 0.3 is 0 Å². The van der Waals surface area contributed by atoms with Crippen molar-refractivity contribution in [1.82, 2.24) is 0 Å². The molecule has 26 heavy (non-hydrogen) atoms. The summed E-state index contributed by atoms with van der Waals surface area (Å²) in [7, 11) is 3.00. The van der Waals surface area contributed by atoms with E-state index < -0.39 is 5.60 Å². The normalized spacial score (nSPS) is 22.3. The molecule has 0 spiro atoms. The van der Waals surface area contributed by atoms with E-state index in [1.165, 1.54) is 14.2 Å².